The van der Waals surface area contributed by atoms with Gasteiger partial charge in [-0.25, -0.2) is 9.78 Å². The molecule has 0 aromatic carbocycles. The fourth-order valence-corrected chi connectivity index (χ4v) is 2.30. The Kier molecular flexibility index (Phi) is 3.68. The van der Waals surface area contributed by atoms with Gasteiger partial charge < -0.3 is 15.5 Å². The number of imidazole rings is 1. The summed E-state index contributed by atoms with van der Waals surface area (Å²) in [6.07, 6.45) is 4.46. The number of nitrogen functional groups attached to an aromatic ring is 1. The van der Waals surface area contributed by atoms with E-state index in [1.807, 2.05) is 20.8 Å². The Morgan fingerprint density at radius 1 is 1.53 bits per heavy atom. The lowest BCUT2D eigenvalue weighted by Gasteiger charge is -2.35. The van der Waals surface area contributed by atoms with Crippen molar-refractivity contribution in [3.05, 3.63) is 11.9 Å². The summed E-state index contributed by atoms with van der Waals surface area (Å²) < 4.78 is 5.45. The van der Waals surface area contributed by atoms with Crippen molar-refractivity contribution in [3.8, 4) is 0 Å². The van der Waals surface area contributed by atoms with Crippen LogP contribution in [0.15, 0.2) is 6.20 Å². The Balaban J connectivity index is 2.14. The molecule has 6 heteroatoms. The monoisotopic (exact) mass is 266 g/mol. The summed E-state index contributed by atoms with van der Waals surface area (Å²) in [4.78, 5) is 21.1. The molecular weight excluding hydrogens is 244 g/mol. The molecule has 1 atom stereocenters. The van der Waals surface area contributed by atoms with Gasteiger partial charge in [-0.2, -0.15) is 0 Å². The van der Waals surface area contributed by atoms with Crippen LogP contribution in [0.2, 0.25) is 0 Å². The second kappa shape index (κ2) is 5.11. The topological polar surface area (TPSA) is 84.2 Å². The van der Waals surface area contributed by atoms with Gasteiger partial charge in [-0.1, -0.05) is 0 Å². The number of nitrogens with two attached hydrogens (primary N) is 1. The SMILES string of the molecule is CC(C)(C)OC(=O)N1CCCC[C@@H]1c1c[nH]c(N)n1. The molecule has 1 amide bonds. The highest BCUT2D eigenvalue weighted by Gasteiger charge is 2.32. The minimum atomic E-state index is -0.482. The number of hydrogen-bond donors (Lipinski definition) is 2. The van der Waals surface area contributed by atoms with Crippen molar-refractivity contribution >= 4 is 12.0 Å². The van der Waals surface area contributed by atoms with E-state index in [1.54, 1.807) is 11.1 Å². The number of hydrogen-bond acceptors (Lipinski definition) is 4. The van der Waals surface area contributed by atoms with Crippen molar-refractivity contribution in [1.82, 2.24) is 14.9 Å². The molecule has 1 aliphatic rings. The molecule has 2 rings (SSSR count). The first kappa shape index (κ1) is 13.7. The predicted octanol–water partition coefficient (Wildman–Crippen LogP) is 2.45. The van der Waals surface area contributed by atoms with Gasteiger partial charge in [-0.3, -0.25) is 4.90 Å². The molecule has 0 aliphatic carbocycles. The van der Waals surface area contributed by atoms with Gasteiger partial charge in [0, 0.05) is 12.7 Å². The van der Waals surface area contributed by atoms with E-state index in [9.17, 15) is 4.79 Å². The minimum Gasteiger partial charge on any atom is -0.444 e. The van der Waals surface area contributed by atoms with E-state index in [1.165, 1.54) is 0 Å². The van der Waals surface area contributed by atoms with Crippen LogP contribution in [0.4, 0.5) is 10.7 Å². The van der Waals surface area contributed by atoms with Crippen molar-refractivity contribution in [2.45, 2.75) is 51.7 Å². The number of anilines is 1. The van der Waals surface area contributed by atoms with E-state index < -0.39 is 5.60 Å². The van der Waals surface area contributed by atoms with Gasteiger partial charge in [0.1, 0.15) is 5.60 Å². The fraction of sp³-hybridized carbons (Fsp3) is 0.692. The first-order valence-electron chi connectivity index (χ1n) is 6.67. The molecule has 1 aromatic rings. The fourth-order valence-electron chi connectivity index (χ4n) is 2.30. The Bertz CT molecular complexity index is 450. The van der Waals surface area contributed by atoms with Crippen LogP contribution in [-0.4, -0.2) is 33.1 Å². The largest absolute Gasteiger partial charge is 0.444 e. The van der Waals surface area contributed by atoms with Crippen LogP contribution in [-0.2, 0) is 4.74 Å². The lowest BCUT2D eigenvalue weighted by Crippen LogP contribution is -2.42. The number of ether oxygens (including phenoxy) is 1. The number of piperidine rings is 1. The zero-order valence-electron chi connectivity index (χ0n) is 11.8. The third-order valence-corrected chi connectivity index (χ3v) is 3.09. The number of aromatic amines is 1. The van der Waals surface area contributed by atoms with Crippen molar-refractivity contribution < 1.29 is 9.53 Å². The van der Waals surface area contributed by atoms with Gasteiger partial charge >= 0.3 is 6.09 Å². The van der Waals surface area contributed by atoms with Gasteiger partial charge in [0.15, 0.2) is 5.95 Å². The van der Waals surface area contributed by atoms with Crippen LogP contribution < -0.4 is 5.73 Å². The number of H-pyrrole nitrogens is 1. The Hall–Kier alpha value is -1.72. The van der Waals surface area contributed by atoms with Gasteiger partial charge in [0.25, 0.3) is 0 Å². The van der Waals surface area contributed by atoms with Gasteiger partial charge in [-0.15, -0.1) is 0 Å². The maximum absolute atomic E-state index is 12.2. The first-order chi connectivity index (χ1) is 8.87. The maximum Gasteiger partial charge on any atom is 0.410 e. The summed E-state index contributed by atoms with van der Waals surface area (Å²) in [5, 5.41) is 0. The average Bonchev–Trinajstić information content (AvgIpc) is 2.73. The molecule has 106 valence electrons. The normalized spacial score (nSPS) is 20.4. The lowest BCUT2D eigenvalue weighted by atomic mass is 10.0. The maximum atomic E-state index is 12.2. The van der Waals surface area contributed by atoms with Gasteiger partial charge in [0.2, 0.25) is 0 Å². The molecule has 0 bridgehead atoms. The summed E-state index contributed by atoms with van der Waals surface area (Å²) in [7, 11) is 0. The number of likely N-dealkylation sites (tertiary alicyclic amines) is 1. The van der Waals surface area contributed by atoms with E-state index in [0.717, 1.165) is 25.0 Å². The first-order valence-corrected chi connectivity index (χ1v) is 6.67. The molecule has 3 N–H and O–H groups in total. The predicted molar refractivity (Wildman–Crippen MR) is 72.5 cm³/mol. The Labute approximate surface area is 113 Å². The van der Waals surface area contributed by atoms with E-state index in [4.69, 9.17) is 10.5 Å². The number of rotatable bonds is 1. The molecule has 6 nitrogen and oxygen atoms in total. The summed E-state index contributed by atoms with van der Waals surface area (Å²) in [5.41, 5.74) is 5.93. The molecule has 19 heavy (non-hydrogen) atoms. The molecule has 1 fully saturated rings. The van der Waals surface area contributed by atoms with Crippen molar-refractivity contribution in [1.29, 1.82) is 0 Å². The average molecular weight is 266 g/mol. The van der Waals surface area contributed by atoms with Crippen LogP contribution in [0.5, 0.6) is 0 Å². The summed E-state index contributed by atoms with van der Waals surface area (Å²) in [5.74, 6) is 0.379. The van der Waals surface area contributed by atoms with Crippen LogP contribution in [0.3, 0.4) is 0 Å². The number of carbonyl (C=O) groups excluding carboxylic acids is 1. The van der Waals surface area contributed by atoms with Crippen LogP contribution in [0.1, 0.15) is 51.8 Å². The molecule has 1 aliphatic heterocycles. The second-order valence-electron chi connectivity index (χ2n) is 5.90. The van der Waals surface area contributed by atoms with Crippen molar-refractivity contribution in [3.63, 3.8) is 0 Å². The highest BCUT2D eigenvalue weighted by molar-refractivity contribution is 5.69. The Morgan fingerprint density at radius 3 is 2.84 bits per heavy atom. The number of carbonyl (C=O) groups is 1. The summed E-state index contributed by atoms with van der Waals surface area (Å²) >= 11 is 0. The summed E-state index contributed by atoms with van der Waals surface area (Å²) in [6, 6.07) is -0.0443. The zero-order chi connectivity index (χ0) is 14.0. The molecular formula is C13H22N4O2. The lowest BCUT2D eigenvalue weighted by molar-refractivity contribution is 0.00906. The zero-order valence-corrected chi connectivity index (χ0v) is 11.8. The molecule has 0 radical (unpaired) electrons. The highest BCUT2D eigenvalue weighted by Crippen LogP contribution is 2.31. The van der Waals surface area contributed by atoms with E-state index >= 15 is 0 Å². The standard InChI is InChI=1S/C13H22N4O2/c1-13(2,3)19-12(18)17-7-5-4-6-10(17)9-8-15-11(14)16-9/h8,10H,4-7H2,1-3H3,(H3,14,15,16)/t10-/m1/s1. The number of nitrogens with one attached hydrogen (secondary N) is 1. The van der Waals surface area contributed by atoms with Crippen LogP contribution in [0.25, 0.3) is 0 Å². The molecule has 2 heterocycles. The van der Waals surface area contributed by atoms with Gasteiger partial charge in [0.05, 0.1) is 11.7 Å². The minimum absolute atomic E-state index is 0.0443. The van der Waals surface area contributed by atoms with Crippen molar-refractivity contribution in [2.24, 2.45) is 0 Å². The Morgan fingerprint density at radius 2 is 2.26 bits per heavy atom. The molecule has 0 spiro atoms. The molecule has 0 saturated carbocycles. The molecule has 0 unspecified atom stereocenters. The number of amides is 1. The smallest absolute Gasteiger partial charge is 0.410 e. The third-order valence-electron chi connectivity index (χ3n) is 3.09. The molecule has 1 aromatic heterocycles. The van der Waals surface area contributed by atoms with Crippen LogP contribution >= 0.6 is 0 Å². The summed E-state index contributed by atoms with van der Waals surface area (Å²) in [6.45, 7) is 6.31. The van der Waals surface area contributed by atoms with Gasteiger partial charge in [-0.05, 0) is 40.0 Å². The third kappa shape index (κ3) is 3.39. The highest BCUT2D eigenvalue weighted by atomic mass is 16.6. The number of nitrogens with zero attached hydrogens (tertiary/aromatic N) is 2. The second-order valence-corrected chi connectivity index (χ2v) is 5.90. The van der Waals surface area contributed by atoms with Crippen LogP contribution in [0, 0.1) is 0 Å². The molecule has 1 saturated heterocycles. The van der Waals surface area contributed by atoms with Crippen molar-refractivity contribution in [2.75, 3.05) is 12.3 Å². The van der Waals surface area contributed by atoms with E-state index in [0.29, 0.717) is 12.5 Å². The van der Waals surface area contributed by atoms with E-state index in [-0.39, 0.29) is 12.1 Å². The van der Waals surface area contributed by atoms with E-state index in [2.05, 4.69) is 9.97 Å². The quantitative estimate of drug-likeness (QED) is 0.817. The number of aromatic nitrogens is 2.